The first kappa shape index (κ1) is 66.4. The molecule has 0 spiro atoms. The van der Waals surface area contributed by atoms with Gasteiger partial charge in [-0.15, -0.1) is 0 Å². The molecule has 0 bridgehead atoms. The third-order valence-corrected chi connectivity index (χ3v) is 14.6. The molecule has 0 N–H and O–H groups in total. The fraction of sp³-hybridized carbons (Fsp3) is 0.952. The predicted octanol–water partition coefficient (Wildman–Crippen LogP) is 20.4. The van der Waals surface area contributed by atoms with Crippen molar-refractivity contribution in [1.82, 2.24) is 0 Å². The molecular formula is C62H120O6. The van der Waals surface area contributed by atoms with Crippen molar-refractivity contribution in [3.63, 3.8) is 0 Å². The molecule has 0 radical (unpaired) electrons. The first-order chi connectivity index (χ1) is 33.3. The number of carbonyl (C=O) groups is 3. The van der Waals surface area contributed by atoms with Crippen molar-refractivity contribution in [1.29, 1.82) is 0 Å². The second kappa shape index (κ2) is 54.7. The van der Waals surface area contributed by atoms with E-state index in [4.69, 9.17) is 14.2 Å². The van der Waals surface area contributed by atoms with E-state index < -0.39 is 6.10 Å². The van der Waals surface area contributed by atoms with Crippen LogP contribution in [0.2, 0.25) is 0 Å². The van der Waals surface area contributed by atoms with Crippen LogP contribution in [0.4, 0.5) is 0 Å². The van der Waals surface area contributed by atoms with Crippen LogP contribution < -0.4 is 0 Å². The molecule has 404 valence electrons. The van der Waals surface area contributed by atoms with Gasteiger partial charge < -0.3 is 14.2 Å². The topological polar surface area (TPSA) is 78.9 Å². The number of esters is 3. The molecule has 0 aliphatic heterocycles. The summed E-state index contributed by atoms with van der Waals surface area (Å²) < 4.78 is 16.9. The average Bonchev–Trinajstić information content (AvgIpc) is 3.32. The van der Waals surface area contributed by atoms with Gasteiger partial charge in [-0.2, -0.15) is 0 Å². The molecule has 6 heteroatoms. The molecule has 0 rings (SSSR count). The lowest BCUT2D eigenvalue weighted by Gasteiger charge is -2.18. The summed E-state index contributed by atoms with van der Waals surface area (Å²) in [7, 11) is 0. The molecule has 0 aromatic carbocycles. The molecule has 0 aromatic rings. The lowest BCUT2D eigenvalue weighted by molar-refractivity contribution is -0.167. The molecule has 0 saturated carbocycles. The maximum Gasteiger partial charge on any atom is 0.306 e. The fourth-order valence-electron chi connectivity index (χ4n) is 9.55. The van der Waals surface area contributed by atoms with Crippen molar-refractivity contribution in [2.75, 3.05) is 13.2 Å². The molecule has 0 amide bonds. The van der Waals surface area contributed by atoms with Gasteiger partial charge in [-0.25, -0.2) is 0 Å². The lowest BCUT2D eigenvalue weighted by atomic mass is 9.99. The molecule has 6 nitrogen and oxygen atoms in total. The average molecular weight is 962 g/mol. The summed E-state index contributed by atoms with van der Waals surface area (Å²) in [5, 5.41) is 0. The summed E-state index contributed by atoms with van der Waals surface area (Å²) in [6, 6.07) is 0. The van der Waals surface area contributed by atoms with E-state index in [-0.39, 0.29) is 31.1 Å². The molecule has 2 atom stereocenters. The zero-order valence-corrected chi connectivity index (χ0v) is 46.7. The van der Waals surface area contributed by atoms with Crippen molar-refractivity contribution in [3.8, 4) is 0 Å². The van der Waals surface area contributed by atoms with Crippen molar-refractivity contribution in [2.45, 2.75) is 355 Å². The second-order valence-corrected chi connectivity index (χ2v) is 22.1. The van der Waals surface area contributed by atoms with E-state index in [1.54, 1.807) is 0 Å². The van der Waals surface area contributed by atoms with Crippen LogP contribution in [-0.4, -0.2) is 37.2 Å². The van der Waals surface area contributed by atoms with E-state index in [2.05, 4.69) is 34.6 Å². The van der Waals surface area contributed by atoms with Crippen molar-refractivity contribution in [3.05, 3.63) is 0 Å². The van der Waals surface area contributed by atoms with Crippen LogP contribution in [0, 0.1) is 11.8 Å². The Balaban J connectivity index is 4.24. The molecule has 0 aliphatic carbocycles. The van der Waals surface area contributed by atoms with Gasteiger partial charge in [0.05, 0.1) is 0 Å². The Hall–Kier alpha value is -1.59. The van der Waals surface area contributed by atoms with Crippen LogP contribution in [0.25, 0.3) is 0 Å². The van der Waals surface area contributed by atoms with Gasteiger partial charge in [-0.3, -0.25) is 14.4 Å². The smallest absolute Gasteiger partial charge is 0.306 e. The van der Waals surface area contributed by atoms with Crippen molar-refractivity contribution >= 4 is 17.9 Å². The summed E-state index contributed by atoms with van der Waals surface area (Å²) in [5.74, 6) is 0.881. The molecule has 0 aliphatic rings. The Morgan fingerprint density at radius 1 is 0.309 bits per heavy atom. The number of carbonyl (C=O) groups excluding carboxylic acids is 3. The second-order valence-electron chi connectivity index (χ2n) is 22.1. The third-order valence-electron chi connectivity index (χ3n) is 14.6. The summed E-state index contributed by atoms with van der Waals surface area (Å²) in [6.45, 7) is 11.4. The largest absolute Gasteiger partial charge is 0.462 e. The zero-order valence-electron chi connectivity index (χ0n) is 46.7. The molecule has 68 heavy (non-hydrogen) atoms. The fourth-order valence-corrected chi connectivity index (χ4v) is 9.55. The highest BCUT2D eigenvalue weighted by Gasteiger charge is 2.19. The highest BCUT2D eigenvalue weighted by atomic mass is 16.6. The summed E-state index contributed by atoms with van der Waals surface area (Å²) in [4.78, 5) is 38.2. The maximum absolute atomic E-state index is 12.9. The zero-order chi connectivity index (χ0) is 49.6. The SMILES string of the molecule is CCCCCCCCCCCCCCCCCCC(=O)OC[C@@H](COC(=O)CCCCCCCCCCCC(C)C)OC(=O)CCCCCCCCCCCCCCCCCCCCC(C)CC. The number of hydrogen-bond acceptors (Lipinski definition) is 6. The van der Waals surface area contributed by atoms with Crippen molar-refractivity contribution in [2.24, 2.45) is 11.8 Å². The standard InChI is InChI=1S/C62H120O6/c1-6-8-9-10-11-12-13-14-15-21-24-27-32-37-42-47-52-60(63)66-55-59(56-67-61(64)53-48-43-38-34-29-30-35-40-45-50-57(3)4)68-62(65)54-49-44-39-33-28-25-22-19-17-16-18-20-23-26-31-36-41-46-51-58(5)7-2/h57-59H,6-56H2,1-5H3/t58?,59-/m0/s1. The van der Waals surface area contributed by atoms with Crippen molar-refractivity contribution < 1.29 is 28.6 Å². The maximum atomic E-state index is 12.9. The first-order valence-corrected chi connectivity index (χ1v) is 30.8. The Bertz CT molecular complexity index is 1040. The molecule has 0 fully saturated rings. The van der Waals surface area contributed by atoms with Crippen LogP contribution in [0.5, 0.6) is 0 Å². The van der Waals surface area contributed by atoms with E-state index in [0.29, 0.717) is 19.3 Å². The van der Waals surface area contributed by atoms with E-state index in [1.807, 2.05) is 0 Å². The van der Waals surface area contributed by atoms with Gasteiger partial charge in [0.2, 0.25) is 0 Å². The Morgan fingerprint density at radius 2 is 0.559 bits per heavy atom. The minimum Gasteiger partial charge on any atom is -0.462 e. The van der Waals surface area contributed by atoms with Crippen LogP contribution in [0.3, 0.4) is 0 Å². The van der Waals surface area contributed by atoms with E-state index in [1.165, 1.54) is 238 Å². The van der Waals surface area contributed by atoms with Crippen LogP contribution >= 0.6 is 0 Å². The molecule has 1 unspecified atom stereocenters. The van der Waals surface area contributed by atoms with E-state index in [0.717, 1.165) is 69.6 Å². The molecule has 0 aromatic heterocycles. The minimum absolute atomic E-state index is 0.0625. The number of ether oxygens (including phenoxy) is 3. The summed E-state index contributed by atoms with van der Waals surface area (Å²) >= 11 is 0. The van der Waals surface area contributed by atoms with Gasteiger partial charge in [0.15, 0.2) is 6.10 Å². The van der Waals surface area contributed by atoms with Crippen LogP contribution in [0.15, 0.2) is 0 Å². The van der Waals surface area contributed by atoms with E-state index >= 15 is 0 Å². The summed E-state index contributed by atoms with van der Waals surface area (Å²) in [6.07, 6.45) is 59.6. The molecular weight excluding hydrogens is 841 g/mol. The number of unbranched alkanes of at least 4 members (excludes halogenated alkanes) is 40. The highest BCUT2D eigenvalue weighted by molar-refractivity contribution is 5.71. The lowest BCUT2D eigenvalue weighted by Crippen LogP contribution is -2.30. The van der Waals surface area contributed by atoms with Gasteiger partial charge in [0, 0.05) is 19.3 Å². The predicted molar refractivity (Wildman–Crippen MR) is 293 cm³/mol. The van der Waals surface area contributed by atoms with E-state index in [9.17, 15) is 14.4 Å². The number of rotatable bonds is 56. The summed E-state index contributed by atoms with van der Waals surface area (Å²) in [5.41, 5.74) is 0. The monoisotopic (exact) mass is 961 g/mol. The number of hydrogen-bond donors (Lipinski definition) is 0. The van der Waals surface area contributed by atoms with Crippen LogP contribution in [-0.2, 0) is 28.6 Å². The first-order valence-electron chi connectivity index (χ1n) is 30.8. The van der Waals surface area contributed by atoms with Gasteiger partial charge in [0.1, 0.15) is 13.2 Å². The van der Waals surface area contributed by atoms with Gasteiger partial charge >= 0.3 is 17.9 Å². The highest BCUT2D eigenvalue weighted by Crippen LogP contribution is 2.19. The Morgan fingerprint density at radius 3 is 0.838 bits per heavy atom. The Kier molecular flexibility index (Phi) is 53.5. The quantitative estimate of drug-likeness (QED) is 0.0343. The van der Waals surface area contributed by atoms with Crippen LogP contribution in [0.1, 0.15) is 349 Å². The Labute approximate surface area is 425 Å². The molecule has 0 saturated heterocycles. The van der Waals surface area contributed by atoms with Gasteiger partial charge in [-0.1, -0.05) is 311 Å². The minimum atomic E-state index is -0.763. The van der Waals surface area contributed by atoms with Gasteiger partial charge in [-0.05, 0) is 31.1 Å². The van der Waals surface area contributed by atoms with Gasteiger partial charge in [0.25, 0.3) is 0 Å². The molecule has 0 heterocycles. The third kappa shape index (κ3) is 53.8. The normalized spacial score (nSPS) is 12.4.